The Morgan fingerprint density at radius 1 is 1.60 bits per heavy atom. The van der Waals surface area contributed by atoms with Gasteiger partial charge in [0.1, 0.15) is 11.5 Å². The molecule has 0 atom stereocenters. The quantitative estimate of drug-likeness (QED) is 0.624. The summed E-state index contributed by atoms with van der Waals surface area (Å²) in [4.78, 5) is 0. The van der Waals surface area contributed by atoms with Crippen LogP contribution in [0.3, 0.4) is 0 Å². The van der Waals surface area contributed by atoms with Crippen LogP contribution in [0.25, 0.3) is 0 Å². The van der Waals surface area contributed by atoms with E-state index in [1.807, 2.05) is 26.0 Å². The van der Waals surface area contributed by atoms with E-state index in [0.29, 0.717) is 11.5 Å². The highest BCUT2D eigenvalue weighted by molar-refractivity contribution is 5.95. The fourth-order valence-electron chi connectivity index (χ4n) is 0.771. The van der Waals surface area contributed by atoms with Crippen molar-refractivity contribution in [2.75, 3.05) is 0 Å². The van der Waals surface area contributed by atoms with E-state index in [1.165, 1.54) is 0 Å². The first-order valence-electron chi connectivity index (χ1n) is 3.38. The summed E-state index contributed by atoms with van der Waals surface area (Å²) < 4.78 is 5.21. The highest BCUT2D eigenvalue weighted by atomic mass is 16.3. The van der Waals surface area contributed by atoms with Crippen LogP contribution in [-0.2, 0) is 0 Å². The van der Waals surface area contributed by atoms with Gasteiger partial charge in [-0.3, -0.25) is 0 Å². The van der Waals surface area contributed by atoms with Crippen molar-refractivity contribution in [3.05, 3.63) is 23.7 Å². The number of hydrogen-bond donors (Lipinski definition) is 1. The smallest absolute Gasteiger partial charge is 0.147 e. The summed E-state index contributed by atoms with van der Waals surface area (Å²) in [5, 5.41) is 7.40. The number of hydrogen-bond acceptors (Lipinski definition) is 2. The second kappa shape index (κ2) is 2.69. The second-order valence-corrected chi connectivity index (χ2v) is 2.24. The lowest BCUT2D eigenvalue weighted by atomic mass is 10.2. The molecule has 54 valence electrons. The molecule has 1 rings (SSSR count). The van der Waals surface area contributed by atoms with E-state index in [-0.39, 0.29) is 0 Å². The predicted octanol–water partition coefficient (Wildman–Crippen LogP) is 2.37. The van der Waals surface area contributed by atoms with Gasteiger partial charge < -0.3 is 9.83 Å². The third-order valence-corrected chi connectivity index (χ3v) is 1.39. The molecule has 2 nitrogen and oxygen atoms in total. The largest absolute Gasteiger partial charge is 0.460 e. The van der Waals surface area contributed by atoms with E-state index in [0.717, 1.165) is 12.2 Å². The van der Waals surface area contributed by atoms with Gasteiger partial charge in [-0.1, -0.05) is 6.92 Å². The van der Waals surface area contributed by atoms with Crippen molar-refractivity contribution in [2.24, 2.45) is 0 Å². The van der Waals surface area contributed by atoms with Crippen LogP contribution in [0, 0.1) is 12.3 Å². The minimum atomic E-state index is 0.563. The maximum Gasteiger partial charge on any atom is 0.147 e. The molecule has 0 aliphatic heterocycles. The molecule has 0 spiro atoms. The summed E-state index contributed by atoms with van der Waals surface area (Å²) in [5.41, 5.74) is 0.563. The molecule has 0 saturated carbocycles. The molecule has 0 aliphatic rings. The van der Waals surface area contributed by atoms with Gasteiger partial charge in [0, 0.05) is 0 Å². The van der Waals surface area contributed by atoms with Crippen LogP contribution in [0.4, 0.5) is 0 Å². The fourth-order valence-corrected chi connectivity index (χ4v) is 0.771. The number of rotatable bonds is 2. The molecule has 0 fully saturated rings. The second-order valence-electron chi connectivity index (χ2n) is 2.24. The number of aryl methyl sites for hydroxylation is 1. The first-order chi connectivity index (χ1) is 4.74. The molecule has 0 bridgehead atoms. The third-order valence-electron chi connectivity index (χ3n) is 1.39. The van der Waals surface area contributed by atoms with Gasteiger partial charge in [0.05, 0.1) is 5.71 Å². The Balaban J connectivity index is 2.85. The van der Waals surface area contributed by atoms with Crippen LogP contribution < -0.4 is 0 Å². The van der Waals surface area contributed by atoms with E-state index >= 15 is 0 Å². The molecule has 0 aliphatic carbocycles. The Kier molecular flexibility index (Phi) is 1.90. The first-order valence-corrected chi connectivity index (χ1v) is 3.38. The molecule has 0 aromatic carbocycles. The average Bonchev–Trinajstić information content (AvgIpc) is 2.34. The van der Waals surface area contributed by atoms with Crippen LogP contribution in [0.15, 0.2) is 16.5 Å². The summed E-state index contributed by atoms with van der Waals surface area (Å²) in [6, 6.07) is 3.71. The van der Waals surface area contributed by atoms with E-state index in [9.17, 15) is 0 Å². The van der Waals surface area contributed by atoms with Crippen molar-refractivity contribution in [1.82, 2.24) is 0 Å². The average molecular weight is 137 g/mol. The van der Waals surface area contributed by atoms with Gasteiger partial charge >= 0.3 is 0 Å². The van der Waals surface area contributed by atoms with Crippen molar-refractivity contribution in [3.63, 3.8) is 0 Å². The topological polar surface area (TPSA) is 37.0 Å². The zero-order valence-electron chi connectivity index (χ0n) is 6.27. The lowest BCUT2D eigenvalue weighted by molar-refractivity contribution is 0.523. The lowest BCUT2D eigenvalue weighted by Crippen LogP contribution is -1.92. The molecule has 0 unspecified atom stereocenters. The van der Waals surface area contributed by atoms with Gasteiger partial charge in [-0.15, -0.1) is 0 Å². The first kappa shape index (κ1) is 7.06. The van der Waals surface area contributed by atoms with Crippen molar-refractivity contribution in [1.29, 1.82) is 5.41 Å². The molecule has 1 aromatic heterocycles. The Bertz CT molecular complexity index is 237. The molecule has 1 heterocycles. The van der Waals surface area contributed by atoms with Crippen molar-refractivity contribution >= 4 is 5.71 Å². The highest BCUT2D eigenvalue weighted by Gasteiger charge is 2.01. The minimum absolute atomic E-state index is 0.563. The van der Waals surface area contributed by atoms with Crippen molar-refractivity contribution in [2.45, 2.75) is 20.3 Å². The van der Waals surface area contributed by atoms with Crippen LogP contribution in [0.5, 0.6) is 0 Å². The minimum Gasteiger partial charge on any atom is -0.460 e. The highest BCUT2D eigenvalue weighted by Crippen LogP contribution is 2.07. The van der Waals surface area contributed by atoms with Gasteiger partial charge in [0.2, 0.25) is 0 Å². The molecule has 1 aromatic rings. The molecule has 10 heavy (non-hydrogen) atoms. The summed E-state index contributed by atoms with van der Waals surface area (Å²) >= 11 is 0. The molecule has 1 N–H and O–H groups in total. The van der Waals surface area contributed by atoms with Gasteiger partial charge in [-0.05, 0) is 25.5 Å². The van der Waals surface area contributed by atoms with Crippen LogP contribution in [-0.4, -0.2) is 5.71 Å². The normalized spacial score (nSPS) is 9.80. The molecule has 2 heteroatoms. The monoisotopic (exact) mass is 137 g/mol. The predicted molar refractivity (Wildman–Crippen MR) is 40.6 cm³/mol. The van der Waals surface area contributed by atoms with E-state index in [2.05, 4.69) is 0 Å². The van der Waals surface area contributed by atoms with Gasteiger partial charge in [0.25, 0.3) is 0 Å². The number of furan rings is 1. The van der Waals surface area contributed by atoms with Crippen LogP contribution in [0.1, 0.15) is 24.9 Å². The Morgan fingerprint density at radius 2 is 2.30 bits per heavy atom. The molecule has 0 saturated heterocycles. The summed E-state index contributed by atoms with van der Waals surface area (Å²) in [7, 11) is 0. The zero-order valence-corrected chi connectivity index (χ0v) is 6.27. The van der Waals surface area contributed by atoms with Gasteiger partial charge in [-0.25, -0.2) is 0 Å². The SMILES string of the molecule is CCC(=N)c1ccc(C)o1. The molecule has 0 amide bonds. The Labute approximate surface area is 60.4 Å². The lowest BCUT2D eigenvalue weighted by Gasteiger charge is -1.92. The summed E-state index contributed by atoms with van der Waals surface area (Å²) in [6.07, 6.45) is 0.729. The van der Waals surface area contributed by atoms with Crippen molar-refractivity contribution < 1.29 is 4.42 Å². The van der Waals surface area contributed by atoms with Gasteiger partial charge in [0.15, 0.2) is 0 Å². The van der Waals surface area contributed by atoms with Crippen LogP contribution in [0.2, 0.25) is 0 Å². The fraction of sp³-hybridized carbons (Fsp3) is 0.375. The Hall–Kier alpha value is -1.05. The third kappa shape index (κ3) is 1.26. The van der Waals surface area contributed by atoms with Gasteiger partial charge in [-0.2, -0.15) is 0 Å². The van der Waals surface area contributed by atoms with E-state index in [1.54, 1.807) is 0 Å². The zero-order chi connectivity index (χ0) is 7.56. The molecular weight excluding hydrogens is 126 g/mol. The maximum atomic E-state index is 7.40. The van der Waals surface area contributed by atoms with E-state index in [4.69, 9.17) is 9.83 Å². The van der Waals surface area contributed by atoms with Crippen molar-refractivity contribution in [3.8, 4) is 0 Å². The standard InChI is InChI=1S/C8H11NO/c1-3-7(9)8-5-4-6(2)10-8/h4-5,9H,3H2,1-2H3. The summed E-state index contributed by atoms with van der Waals surface area (Å²) in [6.45, 7) is 3.83. The van der Waals surface area contributed by atoms with E-state index < -0.39 is 0 Å². The molecular formula is C8H11NO. The molecule has 0 radical (unpaired) electrons. The van der Waals surface area contributed by atoms with Crippen LogP contribution >= 0.6 is 0 Å². The summed E-state index contributed by atoms with van der Waals surface area (Å²) in [5.74, 6) is 1.56. The Morgan fingerprint density at radius 3 is 2.70 bits per heavy atom. The number of nitrogens with one attached hydrogen (secondary N) is 1. The maximum absolute atomic E-state index is 7.40.